The Balaban J connectivity index is 1.51. The minimum absolute atomic E-state index is 0.00728. The number of nitrogens with zero attached hydrogens (tertiary/aromatic N) is 2. The Kier molecular flexibility index (Phi) is 2.88. The molecule has 2 aliphatic carbocycles. The monoisotopic (exact) mass is 247 g/mol. The fraction of sp³-hybridized carbons (Fsp3) is 0.714. The summed E-state index contributed by atoms with van der Waals surface area (Å²) in [7, 11) is 1.85. The SMILES string of the molecule is Cn1cncc1C(=O)NC[C@H]1CC12CCCCC2. The van der Waals surface area contributed by atoms with Crippen LogP contribution in [0, 0.1) is 11.3 Å². The van der Waals surface area contributed by atoms with Gasteiger partial charge < -0.3 is 9.88 Å². The van der Waals surface area contributed by atoms with Crippen molar-refractivity contribution in [2.45, 2.75) is 38.5 Å². The van der Waals surface area contributed by atoms with Crippen LogP contribution in [0.5, 0.6) is 0 Å². The Morgan fingerprint density at radius 1 is 1.50 bits per heavy atom. The van der Waals surface area contributed by atoms with Gasteiger partial charge in [-0.15, -0.1) is 0 Å². The largest absolute Gasteiger partial charge is 0.350 e. The molecule has 0 aliphatic heterocycles. The number of carbonyl (C=O) groups is 1. The topological polar surface area (TPSA) is 46.9 Å². The predicted molar refractivity (Wildman–Crippen MR) is 69.2 cm³/mol. The van der Waals surface area contributed by atoms with Crippen LogP contribution in [0.4, 0.5) is 0 Å². The zero-order valence-corrected chi connectivity index (χ0v) is 11.0. The van der Waals surface area contributed by atoms with Crippen LogP contribution in [0.1, 0.15) is 49.0 Å². The molecule has 1 aromatic rings. The molecule has 2 aliphatic rings. The van der Waals surface area contributed by atoms with Crippen LogP contribution >= 0.6 is 0 Å². The Morgan fingerprint density at radius 2 is 2.28 bits per heavy atom. The predicted octanol–water partition coefficient (Wildman–Crippen LogP) is 2.12. The number of imidazole rings is 1. The molecular weight excluding hydrogens is 226 g/mol. The lowest BCUT2D eigenvalue weighted by Crippen LogP contribution is -2.29. The van der Waals surface area contributed by atoms with Crippen LogP contribution < -0.4 is 5.32 Å². The average molecular weight is 247 g/mol. The minimum Gasteiger partial charge on any atom is -0.350 e. The van der Waals surface area contributed by atoms with E-state index in [0.29, 0.717) is 11.1 Å². The van der Waals surface area contributed by atoms with Gasteiger partial charge in [0.05, 0.1) is 12.5 Å². The summed E-state index contributed by atoms with van der Waals surface area (Å²) in [6, 6.07) is 0. The molecule has 3 rings (SSSR count). The van der Waals surface area contributed by atoms with Crippen molar-refractivity contribution in [2.75, 3.05) is 6.54 Å². The molecule has 4 nitrogen and oxygen atoms in total. The van der Waals surface area contributed by atoms with Crippen LogP contribution in [-0.4, -0.2) is 22.0 Å². The van der Waals surface area contributed by atoms with E-state index in [2.05, 4.69) is 10.3 Å². The molecule has 98 valence electrons. The molecule has 0 saturated heterocycles. The van der Waals surface area contributed by atoms with Crippen molar-refractivity contribution in [1.29, 1.82) is 0 Å². The standard InChI is InChI=1S/C14H21N3O/c1-17-10-15-9-12(17)13(18)16-8-11-7-14(11)5-3-2-4-6-14/h9-11H,2-8H2,1H3,(H,16,18)/t11-/m1/s1. The summed E-state index contributed by atoms with van der Waals surface area (Å²) in [5, 5.41) is 3.06. The Bertz CT molecular complexity index is 446. The van der Waals surface area contributed by atoms with Crippen molar-refractivity contribution in [1.82, 2.24) is 14.9 Å². The van der Waals surface area contributed by atoms with Gasteiger partial charge in [0.15, 0.2) is 0 Å². The molecule has 18 heavy (non-hydrogen) atoms. The average Bonchev–Trinajstić information content (AvgIpc) is 2.83. The number of rotatable bonds is 3. The highest BCUT2D eigenvalue weighted by molar-refractivity contribution is 5.92. The second-order valence-electron chi connectivity index (χ2n) is 5.92. The van der Waals surface area contributed by atoms with E-state index in [1.807, 2.05) is 7.05 Å². The molecule has 0 radical (unpaired) electrons. The molecule has 1 amide bonds. The number of amides is 1. The van der Waals surface area contributed by atoms with Gasteiger partial charge in [-0.3, -0.25) is 4.79 Å². The third kappa shape index (κ3) is 2.04. The first-order chi connectivity index (χ1) is 8.71. The molecule has 1 N–H and O–H groups in total. The fourth-order valence-electron chi connectivity index (χ4n) is 3.47. The maximum Gasteiger partial charge on any atom is 0.269 e. The maximum atomic E-state index is 12.0. The molecule has 4 heteroatoms. The van der Waals surface area contributed by atoms with Crippen molar-refractivity contribution >= 4 is 5.91 Å². The Labute approximate surface area is 108 Å². The minimum atomic E-state index is 0.00728. The smallest absolute Gasteiger partial charge is 0.269 e. The van der Waals surface area contributed by atoms with Crippen LogP contribution in [0.15, 0.2) is 12.5 Å². The van der Waals surface area contributed by atoms with E-state index in [1.165, 1.54) is 38.5 Å². The van der Waals surface area contributed by atoms with Crippen molar-refractivity contribution in [3.63, 3.8) is 0 Å². The zero-order chi connectivity index (χ0) is 12.6. The van der Waals surface area contributed by atoms with E-state index in [-0.39, 0.29) is 5.91 Å². The number of aryl methyl sites for hydroxylation is 1. The quantitative estimate of drug-likeness (QED) is 0.889. The normalized spacial score (nSPS) is 25.1. The highest BCUT2D eigenvalue weighted by atomic mass is 16.1. The van der Waals surface area contributed by atoms with Gasteiger partial charge in [0.2, 0.25) is 0 Å². The molecule has 1 spiro atoms. The van der Waals surface area contributed by atoms with E-state index >= 15 is 0 Å². The van der Waals surface area contributed by atoms with E-state index in [1.54, 1.807) is 17.1 Å². The number of aromatic nitrogens is 2. The Hall–Kier alpha value is -1.32. The van der Waals surface area contributed by atoms with Crippen molar-refractivity contribution < 1.29 is 4.79 Å². The van der Waals surface area contributed by atoms with Gasteiger partial charge in [0.1, 0.15) is 5.69 Å². The molecule has 2 fully saturated rings. The molecule has 1 aromatic heterocycles. The number of hydrogen-bond donors (Lipinski definition) is 1. The fourth-order valence-corrected chi connectivity index (χ4v) is 3.47. The molecule has 0 bridgehead atoms. The highest BCUT2D eigenvalue weighted by Crippen LogP contribution is 2.60. The molecule has 1 heterocycles. The molecular formula is C14H21N3O. The van der Waals surface area contributed by atoms with E-state index in [9.17, 15) is 4.79 Å². The number of hydrogen-bond acceptors (Lipinski definition) is 2. The van der Waals surface area contributed by atoms with Crippen LogP contribution in [0.2, 0.25) is 0 Å². The highest BCUT2D eigenvalue weighted by Gasteiger charge is 2.53. The van der Waals surface area contributed by atoms with Gasteiger partial charge >= 0.3 is 0 Å². The summed E-state index contributed by atoms with van der Waals surface area (Å²) >= 11 is 0. The van der Waals surface area contributed by atoms with Gasteiger partial charge in [0.25, 0.3) is 5.91 Å². The zero-order valence-electron chi connectivity index (χ0n) is 11.0. The summed E-state index contributed by atoms with van der Waals surface area (Å²) in [5.74, 6) is 0.725. The van der Waals surface area contributed by atoms with E-state index in [0.717, 1.165) is 12.5 Å². The number of carbonyl (C=O) groups excluding carboxylic acids is 1. The van der Waals surface area contributed by atoms with Crippen LogP contribution in [0.25, 0.3) is 0 Å². The van der Waals surface area contributed by atoms with Gasteiger partial charge in [-0.25, -0.2) is 4.98 Å². The maximum absolute atomic E-state index is 12.0. The molecule has 2 saturated carbocycles. The summed E-state index contributed by atoms with van der Waals surface area (Å²) in [6.07, 6.45) is 11.5. The third-order valence-electron chi connectivity index (χ3n) is 4.77. The van der Waals surface area contributed by atoms with E-state index < -0.39 is 0 Å². The first-order valence-corrected chi connectivity index (χ1v) is 6.96. The van der Waals surface area contributed by atoms with Gasteiger partial charge in [-0.1, -0.05) is 19.3 Å². The van der Waals surface area contributed by atoms with Crippen molar-refractivity contribution in [3.05, 3.63) is 18.2 Å². The number of nitrogens with one attached hydrogen (secondary N) is 1. The van der Waals surface area contributed by atoms with Gasteiger partial charge in [0, 0.05) is 13.6 Å². The van der Waals surface area contributed by atoms with Gasteiger partial charge in [-0.2, -0.15) is 0 Å². The Morgan fingerprint density at radius 3 is 2.94 bits per heavy atom. The lowest BCUT2D eigenvalue weighted by atomic mass is 9.84. The lowest BCUT2D eigenvalue weighted by molar-refractivity contribution is 0.0941. The summed E-state index contributed by atoms with van der Waals surface area (Å²) in [5.41, 5.74) is 1.24. The molecule has 1 atom stereocenters. The van der Waals surface area contributed by atoms with Crippen LogP contribution in [0.3, 0.4) is 0 Å². The van der Waals surface area contributed by atoms with Gasteiger partial charge in [-0.05, 0) is 30.6 Å². The molecule has 0 unspecified atom stereocenters. The van der Waals surface area contributed by atoms with Crippen LogP contribution in [-0.2, 0) is 7.05 Å². The summed E-state index contributed by atoms with van der Waals surface area (Å²) < 4.78 is 1.76. The second kappa shape index (κ2) is 4.41. The van der Waals surface area contributed by atoms with E-state index in [4.69, 9.17) is 0 Å². The van der Waals surface area contributed by atoms with Crippen molar-refractivity contribution in [2.24, 2.45) is 18.4 Å². The first-order valence-electron chi connectivity index (χ1n) is 6.96. The molecule has 0 aromatic carbocycles. The third-order valence-corrected chi connectivity index (χ3v) is 4.77. The summed E-state index contributed by atoms with van der Waals surface area (Å²) in [6.45, 7) is 0.837. The lowest BCUT2D eigenvalue weighted by Gasteiger charge is -2.22. The van der Waals surface area contributed by atoms with Crippen molar-refractivity contribution in [3.8, 4) is 0 Å². The first kappa shape index (κ1) is 11.8. The second-order valence-corrected chi connectivity index (χ2v) is 5.92. The summed E-state index contributed by atoms with van der Waals surface area (Å²) in [4.78, 5) is 15.9.